The van der Waals surface area contributed by atoms with Crippen LogP contribution in [0.3, 0.4) is 0 Å². The highest BCUT2D eigenvalue weighted by Gasteiger charge is 2.18. The summed E-state index contributed by atoms with van der Waals surface area (Å²) in [4.78, 5) is 25.7. The Kier molecular flexibility index (Phi) is 6.25. The molecule has 2 amide bonds. The van der Waals surface area contributed by atoms with Crippen LogP contribution < -0.4 is 10.1 Å². The van der Waals surface area contributed by atoms with Gasteiger partial charge in [-0.3, -0.25) is 9.59 Å². The third-order valence-corrected chi connectivity index (χ3v) is 4.46. The van der Waals surface area contributed by atoms with Crippen molar-refractivity contribution in [2.24, 2.45) is 0 Å². The second-order valence-corrected chi connectivity index (χ2v) is 6.42. The molecule has 1 N–H and O–H groups in total. The molecule has 1 fully saturated rings. The molecular formula is C21H24N2O3. The van der Waals surface area contributed by atoms with Crippen LogP contribution in [0.25, 0.3) is 0 Å². The highest BCUT2D eigenvalue weighted by atomic mass is 16.5. The Bertz CT molecular complexity index is 740. The number of hydrogen-bond acceptors (Lipinski definition) is 3. The van der Waals surface area contributed by atoms with Crippen LogP contribution in [0.15, 0.2) is 54.6 Å². The molecule has 136 valence electrons. The molecule has 0 unspecified atom stereocenters. The van der Waals surface area contributed by atoms with Crippen LogP contribution in [0.5, 0.6) is 5.75 Å². The van der Waals surface area contributed by atoms with Crippen molar-refractivity contribution in [3.8, 4) is 5.75 Å². The van der Waals surface area contributed by atoms with E-state index in [9.17, 15) is 9.59 Å². The maximum Gasteiger partial charge on any atom is 0.258 e. The Hall–Kier alpha value is -2.82. The Morgan fingerprint density at radius 3 is 2.42 bits per heavy atom. The molecule has 5 nitrogen and oxygen atoms in total. The van der Waals surface area contributed by atoms with Crippen molar-refractivity contribution < 1.29 is 14.3 Å². The molecule has 26 heavy (non-hydrogen) atoms. The number of rotatable bonds is 7. The van der Waals surface area contributed by atoms with E-state index in [4.69, 9.17) is 4.74 Å². The van der Waals surface area contributed by atoms with Crippen molar-refractivity contribution in [3.63, 3.8) is 0 Å². The van der Waals surface area contributed by atoms with Gasteiger partial charge in [0.05, 0.1) is 6.54 Å². The van der Waals surface area contributed by atoms with Crippen LogP contribution in [-0.2, 0) is 16.0 Å². The summed E-state index contributed by atoms with van der Waals surface area (Å²) in [6, 6.07) is 17.8. The zero-order valence-electron chi connectivity index (χ0n) is 14.8. The number of amides is 2. The van der Waals surface area contributed by atoms with E-state index in [0.29, 0.717) is 5.75 Å². The van der Waals surface area contributed by atoms with Gasteiger partial charge in [-0.15, -0.1) is 0 Å². The normalized spacial score (nSPS) is 13.5. The summed E-state index contributed by atoms with van der Waals surface area (Å²) in [5.74, 6) is 0.379. The van der Waals surface area contributed by atoms with Crippen molar-refractivity contribution in [1.82, 2.24) is 10.2 Å². The van der Waals surface area contributed by atoms with Gasteiger partial charge in [0.15, 0.2) is 6.61 Å². The minimum absolute atomic E-state index is 0.0275. The summed E-state index contributed by atoms with van der Waals surface area (Å²) in [5.41, 5.74) is 2.21. The maximum atomic E-state index is 12.0. The lowest BCUT2D eigenvalue weighted by molar-refractivity contribution is -0.132. The smallest absolute Gasteiger partial charge is 0.258 e. The number of carbonyl (C=O) groups excluding carboxylic acids is 2. The van der Waals surface area contributed by atoms with Crippen molar-refractivity contribution in [3.05, 3.63) is 65.7 Å². The lowest BCUT2D eigenvalue weighted by Crippen LogP contribution is -2.40. The monoisotopic (exact) mass is 352 g/mol. The number of para-hydroxylation sites is 1. The van der Waals surface area contributed by atoms with Crippen molar-refractivity contribution in [1.29, 1.82) is 0 Å². The molecule has 2 aromatic carbocycles. The van der Waals surface area contributed by atoms with Gasteiger partial charge < -0.3 is 15.0 Å². The number of hydrogen-bond donors (Lipinski definition) is 1. The molecule has 0 saturated carbocycles. The van der Waals surface area contributed by atoms with Gasteiger partial charge in [0, 0.05) is 19.5 Å². The molecule has 0 atom stereocenters. The summed E-state index contributed by atoms with van der Waals surface area (Å²) >= 11 is 0. The lowest BCUT2D eigenvalue weighted by Gasteiger charge is -2.16. The van der Waals surface area contributed by atoms with Crippen molar-refractivity contribution >= 4 is 11.8 Å². The SMILES string of the molecule is O=C(COc1ccccc1Cc1ccccc1)NCC(=O)N1CCCC1. The first-order valence-electron chi connectivity index (χ1n) is 9.01. The van der Waals surface area contributed by atoms with E-state index in [1.165, 1.54) is 5.56 Å². The largest absolute Gasteiger partial charge is 0.483 e. The van der Waals surface area contributed by atoms with E-state index in [-0.39, 0.29) is 25.0 Å². The van der Waals surface area contributed by atoms with Crippen LogP contribution in [0.2, 0.25) is 0 Å². The van der Waals surface area contributed by atoms with E-state index in [1.54, 1.807) is 4.90 Å². The third kappa shape index (κ3) is 5.09. The van der Waals surface area contributed by atoms with E-state index < -0.39 is 0 Å². The highest BCUT2D eigenvalue weighted by molar-refractivity contribution is 5.85. The molecule has 5 heteroatoms. The van der Waals surface area contributed by atoms with Crippen LogP contribution in [-0.4, -0.2) is 43.0 Å². The predicted octanol–water partition coefficient (Wildman–Crippen LogP) is 2.39. The topological polar surface area (TPSA) is 58.6 Å². The van der Waals surface area contributed by atoms with Gasteiger partial charge in [-0.2, -0.15) is 0 Å². The fourth-order valence-corrected chi connectivity index (χ4v) is 3.05. The number of nitrogens with zero attached hydrogens (tertiary/aromatic N) is 1. The number of likely N-dealkylation sites (tertiary alicyclic amines) is 1. The lowest BCUT2D eigenvalue weighted by atomic mass is 10.0. The Labute approximate surface area is 154 Å². The number of nitrogens with one attached hydrogen (secondary N) is 1. The molecule has 0 radical (unpaired) electrons. The van der Waals surface area contributed by atoms with Gasteiger partial charge in [-0.25, -0.2) is 0 Å². The third-order valence-electron chi connectivity index (χ3n) is 4.46. The molecule has 1 aliphatic rings. The average Bonchev–Trinajstić information content (AvgIpc) is 3.21. The second kappa shape index (κ2) is 9.04. The number of benzene rings is 2. The molecule has 1 saturated heterocycles. The molecule has 0 bridgehead atoms. The van der Waals surface area contributed by atoms with E-state index in [0.717, 1.165) is 37.9 Å². The summed E-state index contributed by atoms with van der Waals surface area (Å²) in [7, 11) is 0. The molecule has 0 aromatic heterocycles. The molecule has 1 heterocycles. The molecule has 3 rings (SSSR count). The summed E-state index contributed by atoms with van der Waals surface area (Å²) in [6.45, 7) is 1.52. The van der Waals surface area contributed by atoms with Crippen molar-refractivity contribution in [2.45, 2.75) is 19.3 Å². The van der Waals surface area contributed by atoms with Gasteiger partial charge in [0.2, 0.25) is 5.91 Å². The fraction of sp³-hybridized carbons (Fsp3) is 0.333. The molecule has 2 aromatic rings. The van der Waals surface area contributed by atoms with E-state index in [1.807, 2.05) is 42.5 Å². The van der Waals surface area contributed by atoms with Gasteiger partial charge in [-0.05, 0) is 30.0 Å². The quantitative estimate of drug-likeness (QED) is 0.832. The molecule has 0 aliphatic carbocycles. The van der Waals surface area contributed by atoms with Crippen LogP contribution in [0.1, 0.15) is 24.0 Å². The van der Waals surface area contributed by atoms with E-state index >= 15 is 0 Å². The van der Waals surface area contributed by atoms with Gasteiger partial charge >= 0.3 is 0 Å². The number of carbonyl (C=O) groups is 2. The highest BCUT2D eigenvalue weighted by Crippen LogP contribution is 2.21. The van der Waals surface area contributed by atoms with E-state index in [2.05, 4.69) is 17.4 Å². The second-order valence-electron chi connectivity index (χ2n) is 6.42. The molecule has 1 aliphatic heterocycles. The van der Waals surface area contributed by atoms with Crippen molar-refractivity contribution in [2.75, 3.05) is 26.2 Å². The Morgan fingerprint density at radius 2 is 1.65 bits per heavy atom. The average molecular weight is 352 g/mol. The fourth-order valence-electron chi connectivity index (χ4n) is 3.05. The molecular weight excluding hydrogens is 328 g/mol. The summed E-state index contributed by atoms with van der Waals surface area (Å²) < 4.78 is 5.69. The van der Waals surface area contributed by atoms with Gasteiger partial charge in [-0.1, -0.05) is 48.5 Å². The predicted molar refractivity (Wildman–Crippen MR) is 100 cm³/mol. The first-order chi connectivity index (χ1) is 12.7. The summed E-state index contributed by atoms with van der Waals surface area (Å²) in [6.07, 6.45) is 2.83. The molecule has 0 spiro atoms. The standard InChI is InChI=1S/C21H24N2O3/c24-20(22-15-21(25)23-12-6-7-13-23)16-26-19-11-5-4-10-18(19)14-17-8-2-1-3-9-17/h1-5,8-11H,6-7,12-16H2,(H,22,24). The number of ether oxygens (including phenoxy) is 1. The maximum absolute atomic E-state index is 12.0. The minimum Gasteiger partial charge on any atom is -0.483 e. The Morgan fingerprint density at radius 1 is 0.962 bits per heavy atom. The zero-order valence-corrected chi connectivity index (χ0v) is 14.8. The van der Waals surface area contributed by atoms with Gasteiger partial charge in [0.25, 0.3) is 5.91 Å². The summed E-state index contributed by atoms with van der Waals surface area (Å²) in [5, 5.41) is 2.64. The Balaban J connectivity index is 1.49. The van der Waals surface area contributed by atoms with Gasteiger partial charge in [0.1, 0.15) is 5.75 Å². The first-order valence-corrected chi connectivity index (χ1v) is 9.01. The van der Waals surface area contributed by atoms with Crippen LogP contribution in [0, 0.1) is 0 Å². The van der Waals surface area contributed by atoms with Crippen LogP contribution >= 0.6 is 0 Å². The minimum atomic E-state index is -0.285. The van der Waals surface area contributed by atoms with Crippen LogP contribution in [0.4, 0.5) is 0 Å². The first kappa shape index (κ1) is 18.0. The zero-order chi connectivity index (χ0) is 18.2.